The first-order chi connectivity index (χ1) is 10.1. The highest BCUT2D eigenvalue weighted by atomic mass is 32.2. The Kier molecular flexibility index (Phi) is 3.06. The van der Waals surface area contributed by atoms with Gasteiger partial charge in [0.2, 0.25) is 10.0 Å². The van der Waals surface area contributed by atoms with Gasteiger partial charge in [0.25, 0.3) is 0 Å². The summed E-state index contributed by atoms with van der Waals surface area (Å²) in [4.78, 5) is 0.313. The number of nitrogens with zero attached hydrogens (tertiary/aromatic N) is 3. The molecule has 2 fully saturated rings. The third-order valence-electron chi connectivity index (χ3n) is 4.42. The molecule has 2 aromatic rings. The summed E-state index contributed by atoms with van der Waals surface area (Å²) in [6.07, 6.45) is 4.23. The molecule has 2 aliphatic carbocycles. The number of hydrogen-bond acceptors (Lipinski definition) is 5. The van der Waals surface area contributed by atoms with E-state index in [0.29, 0.717) is 21.8 Å². The lowest BCUT2D eigenvalue weighted by Crippen LogP contribution is -2.41. The van der Waals surface area contributed by atoms with E-state index in [9.17, 15) is 8.42 Å². The lowest BCUT2D eigenvalue weighted by Gasteiger charge is -2.28. The number of benzene rings is 1. The van der Waals surface area contributed by atoms with E-state index < -0.39 is 10.0 Å². The van der Waals surface area contributed by atoms with E-state index in [2.05, 4.69) is 8.75 Å². The van der Waals surface area contributed by atoms with Gasteiger partial charge in [-0.1, -0.05) is 6.07 Å². The molecule has 0 saturated heterocycles. The van der Waals surface area contributed by atoms with E-state index in [4.69, 9.17) is 0 Å². The monoisotopic (exact) mass is 323 g/mol. The molecule has 2 aliphatic rings. The highest BCUT2D eigenvalue weighted by Gasteiger charge is 2.46. The number of hydrogen-bond donors (Lipinski definition) is 0. The van der Waals surface area contributed by atoms with Crippen LogP contribution in [0.3, 0.4) is 0 Å². The van der Waals surface area contributed by atoms with Gasteiger partial charge in [-0.05, 0) is 50.7 Å². The SMILES string of the molecule is CC(C1CC1)N(C1CC1)S(=O)(=O)c1cccc2nsnc12. The van der Waals surface area contributed by atoms with Gasteiger partial charge in [-0.15, -0.1) is 0 Å². The molecular formula is C14H17N3O2S2. The molecule has 1 unspecified atom stereocenters. The molecule has 1 aromatic carbocycles. The first kappa shape index (κ1) is 13.6. The van der Waals surface area contributed by atoms with Crippen LogP contribution in [0.1, 0.15) is 32.6 Å². The number of fused-ring (bicyclic) bond motifs is 1. The van der Waals surface area contributed by atoms with Crippen LogP contribution in [0.25, 0.3) is 11.0 Å². The minimum Gasteiger partial charge on any atom is -0.207 e. The van der Waals surface area contributed by atoms with Gasteiger partial charge < -0.3 is 0 Å². The number of aromatic nitrogens is 2. The second-order valence-electron chi connectivity index (χ2n) is 6.03. The van der Waals surface area contributed by atoms with Crippen LogP contribution in [0, 0.1) is 5.92 Å². The Morgan fingerprint density at radius 1 is 1.24 bits per heavy atom. The number of rotatable bonds is 5. The van der Waals surface area contributed by atoms with Gasteiger partial charge in [0.05, 0.1) is 11.7 Å². The summed E-state index contributed by atoms with van der Waals surface area (Å²) >= 11 is 1.06. The summed E-state index contributed by atoms with van der Waals surface area (Å²) in [5.41, 5.74) is 1.17. The van der Waals surface area contributed by atoms with Gasteiger partial charge in [-0.2, -0.15) is 13.1 Å². The zero-order chi connectivity index (χ0) is 14.6. The lowest BCUT2D eigenvalue weighted by molar-refractivity contribution is 0.301. The molecule has 0 spiro atoms. The standard InChI is InChI=1S/C14H17N3O2S2/c1-9(10-5-6-10)17(11-7-8-11)21(18,19)13-4-2-3-12-14(13)16-20-15-12/h2-4,9-11H,5-8H2,1H3. The Balaban J connectivity index is 1.82. The van der Waals surface area contributed by atoms with Crippen LogP contribution < -0.4 is 0 Å². The van der Waals surface area contributed by atoms with Gasteiger partial charge in [0.1, 0.15) is 15.9 Å². The quantitative estimate of drug-likeness (QED) is 0.848. The van der Waals surface area contributed by atoms with Crippen LogP contribution in [0.5, 0.6) is 0 Å². The van der Waals surface area contributed by atoms with Crippen LogP contribution in [0.15, 0.2) is 23.1 Å². The summed E-state index contributed by atoms with van der Waals surface area (Å²) in [5, 5.41) is 0. The van der Waals surface area contributed by atoms with Crippen LogP contribution >= 0.6 is 11.7 Å². The third-order valence-corrected chi connectivity index (χ3v) is 7.03. The molecule has 0 radical (unpaired) electrons. The minimum atomic E-state index is -3.50. The van der Waals surface area contributed by atoms with E-state index in [1.54, 1.807) is 16.4 Å². The van der Waals surface area contributed by atoms with Crippen molar-refractivity contribution in [3.63, 3.8) is 0 Å². The maximum Gasteiger partial charge on any atom is 0.245 e. The van der Waals surface area contributed by atoms with Crippen LogP contribution in [0.2, 0.25) is 0 Å². The van der Waals surface area contributed by atoms with Crippen molar-refractivity contribution >= 4 is 32.8 Å². The summed E-state index contributed by atoms with van der Waals surface area (Å²) in [7, 11) is -3.50. The molecule has 1 atom stereocenters. The van der Waals surface area contributed by atoms with E-state index in [0.717, 1.165) is 37.4 Å². The minimum absolute atomic E-state index is 0.0874. The van der Waals surface area contributed by atoms with Crippen molar-refractivity contribution in [3.05, 3.63) is 18.2 Å². The summed E-state index contributed by atoms with van der Waals surface area (Å²) in [6, 6.07) is 5.48. The molecule has 0 aliphatic heterocycles. The van der Waals surface area contributed by atoms with Crippen LogP contribution in [-0.4, -0.2) is 33.6 Å². The highest BCUT2D eigenvalue weighted by molar-refractivity contribution is 7.89. The fourth-order valence-corrected chi connectivity index (χ4v) is 5.66. The second-order valence-corrected chi connectivity index (χ2v) is 8.37. The molecule has 21 heavy (non-hydrogen) atoms. The molecule has 1 heterocycles. The van der Waals surface area contributed by atoms with Gasteiger partial charge in [0, 0.05) is 12.1 Å². The van der Waals surface area contributed by atoms with Crippen molar-refractivity contribution in [1.82, 2.24) is 13.1 Å². The Hall–Kier alpha value is -1.05. The molecular weight excluding hydrogens is 306 g/mol. The molecule has 112 valence electrons. The molecule has 0 amide bonds. The third kappa shape index (κ3) is 2.27. The Bertz CT molecular complexity index is 778. The summed E-state index contributed by atoms with van der Waals surface area (Å²) in [6.45, 7) is 2.05. The smallest absolute Gasteiger partial charge is 0.207 e. The predicted molar refractivity (Wildman–Crippen MR) is 81.6 cm³/mol. The highest BCUT2D eigenvalue weighted by Crippen LogP contribution is 2.43. The molecule has 0 bridgehead atoms. The number of sulfonamides is 1. The molecule has 1 aromatic heterocycles. The van der Waals surface area contributed by atoms with E-state index in [-0.39, 0.29) is 12.1 Å². The van der Waals surface area contributed by atoms with Crippen molar-refractivity contribution in [2.45, 2.75) is 49.6 Å². The zero-order valence-electron chi connectivity index (χ0n) is 11.8. The lowest BCUT2D eigenvalue weighted by atomic mass is 10.2. The largest absolute Gasteiger partial charge is 0.245 e. The molecule has 2 saturated carbocycles. The van der Waals surface area contributed by atoms with Crippen molar-refractivity contribution in [2.75, 3.05) is 0 Å². The zero-order valence-corrected chi connectivity index (χ0v) is 13.4. The average molecular weight is 323 g/mol. The Morgan fingerprint density at radius 3 is 2.67 bits per heavy atom. The first-order valence-electron chi connectivity index (χ1n) is 7.34. The van der Waals surface area contributed by atoms with E-state index >= 15 is 0 Å². The summed E-state index contributed by atoms with van der Waals surface area (Å²) in [5.74, 6) is 0.521. The molecule has 0 N–H and O–H groups in total. The van der Waals surface area contributed by atoms with Crippen LogP contribution in [0.4, 0.5) is 0 Å². The predicted octanol–water partition coefficient (Wildman–Crippen LogP) is 2.64. The van der Waals surface area contributed by atoms with Gasteiger partial charge in [0.15, 0.2) is 0 Å². The maximum absolute atomic E-state index is 13.2. The second kappa shape index (κ2) is 4.72. The van der Waals surface area contributed by atoms with Crippen molar-refractivity contribution < 1.29 is 8.42 Å². The van der Waals surface area contributed by atoms with Gasteiger partial charge in [-0.3, -0.25) is 0 Å². The molecule has 4 rings (SSSR count). The first-order valence-corrected chi connectivity index (χ1v) is 9.51. The van der Waals surface area contributed by atoms with E-state index in [1.807, 2.05) is 13.0 Å². The maximum atomic E-state index is 13.2. The van der Waals surface area contributed by atoms with Crippen LogP contribution in [-0.2, 0) is 10.0 Å². The average Bonchev–Trinajstić information content (AvgIpc) is 3.36. The summed E-state index contributed by atoms with van der Waals surface area (Å²) < 4.78 is 36.4. The Labute approximate surface area is 128 Å². The Morgan fingerprint density at radius 2 is 2.00 bits per heavy atom. The molecule has 5 nitrogen and oxygen atoms in total. The van der Waals surface area contributed by atoms with Crippen molar-refractivity contribution in [2.24, 2.45) is 5.92 Å². The van der Waals surface area contributed by atoms with E-state index in [1.165, 1.54) is 0 Å². The van der Waals surface area contributed by atoms with Crippen molar-refractivity contribution in [3.8, 4) is 0 Å². The molecule has 7 heteroatoms. The van der Waals surface area contributed by atoms with Gasteiger partial charge in [-0.25, -0.2) is 8.42 Å². The van der Waals surface area contributed by atoms with Gasteiger partial charge >= 0.3 is 0 Å². The normalized spacial score (nSPS) is 21.0. The van der Waals surface area contributed by atoms with Crippen molar-refractivity contribution in [1.29, 1.82) is 0 Å². The fraction of sp³-hybridized carbons (Fsp3) is 0.571. The topological polar surface area (TPSA) is 63.2 Å². The fourth-order valence-electron chi connectivity index (χ4n) is 2.97.